The van der Waals surface area contributed by atoms with Gasteiger partial charge in [-0.15, -0.1) is 0 Å². The average Bonchev–Trinajstić information content (AvgIpc) is 3.01. The second-order valence-electron chi connectivity index (χ2n) is 12.9. The van der Waals surface area contributed by atoms with E-state index in [9.17, 15) is 23.6 Å². The van der Waals surface area contributed by atoms with Gasteiger partial charge in [0.25, 0.3) is 5.92 Å². The van der Waals surface area contributed by atoms with Gasteiger partial charge in [-0.25, -0.2) is 8.78 Å². The first-order valence-corrected chi connectivity index (χ1v) is 15.8. The molecule has 0 aromatic carbocycles. The molecule has 0 spiro atoms. The zero-order valence-electron chi connectivity index (χ0n) is 24.4. The summed E-state index contributed by atoms with van der Waals surface area (Å²) < 4.78 is 38.6. The molecule has 0 N–H and O–H groups in total. The van der Waals surface area contributed by atoms with Crippen LogP contribution in [0.25, 0.3) is 0 Å². The van der Waals surface area contributed by atoms with Crippen molar-refractivity contribution < 1.29 is 27.8 Å². The molecule has 0 aromatic rings. The van der Waals surface area contributed by atoms with E-state index >= 15 is 0 Å². The summed E-state index contributed by atoms with van der Waals surface area (Å²) in [6, 6.07) is 2.42. The number of nitrogens with zero attached hydrogens (tertiary/aromatic N) is 5. The molecule has 0 aliphatic carbocycles. The molecule has 5 aliphatic rings. The minimum Gasteiger partial charge on any atom is -0.381 e. The molecule has 5 heterocycles. The molecule has 5 aliphatic heterocycles. The number of alkyl halides is 2. The molecule has 1 atom stereocenters. The number of likely N-dealkylation sites (tertiary alicyclic amines) is 3. The van der Waals surface area contributed by atoms with Crippen molar-refractivity contribution >= 4 is 11.8 Å². The Bertz CT molecular complexity index is 924. The van der Waals surface area contributed by atoms with Crippen molar-refractivity contribution in [3.05, 3.63) is 0 Å². The lowest BCUT2D eigenvalue weighted by Gasteiger charge is -2.44. The number of carbonyl (C=O) groups is 2. The molecule has 0 bridgehead atoms. The molecular weight excluding hydrogens is 532 g/mol. The Morgan fingerprint density at radius 3 is 2.00 bits per heavy atom. The van der Waals surface area contributed by atoms with Crippen LogP contribution in [0.3, 0.4) is 0 Å². The zero-order chi connectivity index (χ0) is 28.9. The molecule has 230 valence electrons. The highest BCUT2D eigenvalue weighted by molar-refractivity contribution is 5.86. The number of morpholine rings is 1. The molecule has 2 amide bonds. The quantitative estimate of drug-likeness (QED) is 0.458. The van der Waals surface area contributed by atoms with Crippen molar-refractivity contribution in [3.8, 4) is 6.07 Å². The second kappa shape index (κ2) is 13.6. The van der Waals surface area contributed by atoms with Gasteiger partial charge < -0.3 is 24.2 Å². The maximum Gasteiger partial charge on any atom is 0.251 e. The van der Waals surface area contributed by atoms with E-state index in [4.69, 9.17) is 9.47 Å². The summed E-state index contributed by atoms with van der Waals surface area (Å²) in [5.74, 6) is -2.35. The van der Waals surface area contributed by atoms with Crippen LogP contribution in [-0.4, -0.2) is 129 Å². The first kappa shape index (κ1) is 30.6. The lowest BCUT2D eigenvalue weighted by atomic mass is 9.76. The smallest absolute Gasteiger partial charge is 0.251 e. The fourth-order valence-corrected chi connectivity index (χ4v) is 7.37. The molecule has 5 rings (SSSR count). The maximum absolute atomic E-state index is 13.8. The van der Waals surface area contributed by atoms with Gasteiger partial charge in [-0.1, -0.05) is 0 Å². The Kier molecular flexibility index (Phi) is 10.2. The average molecular weight is 580 g/mol. The van der Waals surface area contributed by atoms with E-state index in [1.165, 1.54) is 0 Å². The van der Waals surface area contributed by atoms with Gasteiger partial charge in [-0.05, 0) is 50.4 Å². The number of halogens is 2. The summed E-state index contributed by atoms with van der Waals surface area (Å²) in [5.41, 5.74) is -0.971. The number of ether oxygens (including phenoxy) is 2. The van der Waals surface area contributed by atoms with Gasteiger partial charge in [-0.3, -0.25) is 14.5 Å². The molecule has 0 radical (unpaired) electrons. The molecular formula is C30H47F2N5O4. The van der Waals surface area contributed by atoms with Crippen molar-refractivity contribution in [1.82, 2.24) is 19.6 Å². The SMILES string of the molecule is N#CC1(C(=O)N2CCC(C(CN3CCOCC3)C(=O)N3CCC(F)(F)CC3)CC2)CCN(CC2CCOCC2)CC1. The van der Waals surface area contributed by atoms with E-state index in [2.05, 4.69) is 15.9 Å². The van der Waals surface area contributed by atoms with Gasteiger partial charge in [0.15, 0.2) is 0 Å². The molecule has 0 aromatic heterocycles. The van der Waals surface area contributed by atoms with E-state index in [1.54, 1.807) is 4.90 Å². The molecule has 41 heavy (non-hydrogen) atoms. The van der Waals surface area contributed by atoms with Crippen LogP contribution < -0.4 is 0 Å². The van der Waals surface area contributed by atoms with Crippen molar-refractivity contribution in [2.45, 2.75) is 57.3 Å². The highest BCUT2D eigenvalue weighted by Gasteiger charge is 2.46. The largest absolute Gasteiger partial charge is 0.381 e. The summed E-state index contributed by atoms with van der Waals surface area (Å²) in [6.45, 7) is 8.81. The van der Waals surface area contributed by atoms with Crippen LogP contribution in [0.4, 0.5) is 8.78 Å². The fraction of sp³-hybridized carbons (Fsp3) is 0.900. The third kappa shape index (κ3) is 7.56. The van der Waals surface area contributed by atoms with Gasteiger partial charge in [0.1, 0.15) is 5.41 Å². The van der Waals surface area contributed by atoms with E-state index in [0.717, 1.165) is 58.8 Å². The predicted molar refractivity (Wildman–Crippen MR) is 148 cm³/mol. The Balaban J connectivity index is 1.17. The first-order valence-electron chi connectivity index (χ1n) is 15.8. The number of carbonyl (C=O) groups excluding carboxylic acids is 2. The van der Waals surface area contributed by atoms with Crippen LogP contribution in [0.5, 0.6) is 0 Å². The Morgan fingerprint density at radius 2 is 1.39 bits per heavy atom. The highest BCUT2D eigenvalue weighted by Crippen LogP contribution is 2.37. The number of hydrogen-bond acceptors (Lipinski definition) is 7. The van der Waals surface area contributed by atoms with E-state index in [-0.39, 0.29) is 49.6 Å². The Hall–Kier alpha value is -1.87. The number of rotatable bonds is 7. The Labute approximate surface area is 243 Å². The highest BCUT2D eigenvalue weighted by atomic mass is 19.3. The minimum absolute atomic E-state index is 0.0258. The normalized spacial score (nSPS) is 27.7. The third-order valence-corrected chi connectivity index (χ3v) is 10.3. The lowest BCUT2D eigenvalue weighted by molar-refractivity contribution is -0.147. The minimum atomic E-state index is -2.69. The van der Waals surface area contributed by atoms with Crippen LogP contribution in [0.1, 0.15) is 51.4 Å². The van der Waals surface area contributed by atoms with E-state index in [1.807, 2.05) is 4.90 Å². The van der Waals surface area contributed by atoms with E-state index in [0.29, 0.717) is 64.4 Å². The van der Waals surface area contributed by atoms with Crippen LogP contribution >= 0.6 is 0 Å². The zero-order valence-corrected chi connectivity index (χ0v) is 24.4. The molecule has 5 fully saturated rings. The maximum atomic E-state index is 13.8. The van der Waals surface area contributed by atoms with Crippen LogP contribution in [-0.2, 0) is 19.1 Å². The van der Waals surface area contributed by atoms with Gasteiger partial charge >= 0.3 is 0 Å². The summed E-state index contributed by atoms with van der Waals surface area (Å²) in [4.78, 5) is 35.6. The summed E-state index contributed by atoms with van der Waals surface area (Å²) in [7, 11) is 0. The monoisotopic (exact) mass is 579 g/mol. The number of piperidine rings is 3. The number of nitriles is 1. The van der Waals surface area contributed by atoms with Crippen molar-refractivity contribution in [1.29, 1.82) is 5.26 Å². The van der Waals surface area contributed by atoms with Gasteiger partial charge in [-0.2, -0.15) is 5.26 Å². The molecule has 9 nitrogen and oxygen atoms in total. The van der Waals surface area contributed by atoms with Crippen LogP contribution in [0.2, 0.25) is 0 Å². The lowest BCUT2D eigenvalue weighted by Crippen LogP contribution is -2.54. The summed E-state index contributed by atoms with van der Waals surface area (Å²) >= 11 is 0. The fourth-order valence-electron chi connectivity index (χ4n) is 7.37. The predicted octanol–water partition coefficient (Wildman–Crippen LogP) is 2.46. The molecule has 5 saturated heterocycles. The topological polar surface area (TPSA) is 89.4 Å². The van der Waals surface area contributed by atoms with Gasteiger partial charge in [0.2, 0.25) is 11.8 Å². The van der Waals surface area contributed by atoms with Crippen molar-refractivity contribution in [3.63, 3.8) is 0 Å². The van der Waals surface area contributed by atoms with E-state index < -0.39 is 11.3 Å². The van der Waals surface area contributed by atoms with Gasteiger partial charge in [0.05, 0.1) is 25.2 Å². The number of amides is 2. The Morgan fingerprint density at radius 1 is 0.780 bits per heavy atom. The van der Waals surface area contributed by atoms with Crippen molar-refractivity contribution in [2.75, 3.05) is 91.9 Å². The third-order valence-electron chi connectivity index (χ3n) is 10.3. The molecule has 11 heteroatoms. The molecule has 1 unspecified atom stereocenters. The molecule has 0 saturated carbocycles. The first-order chi connectivity index (χ1) is 19.8. The van der Waals surface area contributed by atoms with Crippen LogP contribution in [0, 0.1) is 34.5 Å². The summed E-state index contributed by atoms with van der Waals surface area (Å²) in [6.07, 6.45) is 4.09. The van der Waals surface area contributed by atoms with Gasteiger partial charge in [0, 0.05) is 91.5 Å². The number of hydrogen-bond donors (Lipinski definition) is 0. The van der Waals surface area contributed by atoms with Crippen molar-refractivity contribution in [2.24, 2.45) is 23.2 Å². The summed E-state index contributed by atoms with van der Waals surface area (Å²) in [5, 5.41) is 10.2. The second-order valence-corrected chi connectivity index (χ2v) is 12.9. The van der Waals surface area contributed by atoms with Crippen LogP contribution in [0.15, 0.2) is 0 Å². The standard InChI is InChI=1S/C30H47F2N5O4/c31-30(32)7-13-36(14-8-30)27(38)26(22-35-15-19-41-20-16-35)25-1-9-37(10-2-25)28(39)29(23-33)5-11-34(12-6-29)21-24-3-17-40-18-4-24/h24-26H,1-22H2.